The lowest BCUT2D eigenvalue weighted by Crippen LogP contribution is -2.09. The summed E-state index contributed by atoms with van der Waals surface area (Å²) >= 11 is 1.85. The van der Waals surface area contributed by atoms with Crippen LogP contribution in [0.4, 0.5) is 17.1 Å². The zero-order valence-electron chi connectivity index (χ0n) is 23.5. The molecule has 3 nitrogen and oxygen atoms in total. The monoisotopic (exact) mass is 581 g/mol. The molecular weight excluding hydrogens is 559 g/mol. The number of para-hydroxylation sites is 2. The van der Waals surface area contributed by atoms with Crippen LogP contribution in [0.25, 0.3) is 74.8 Å². The van der Waals surface area contributed by atoms with Crippen LogP contribution in [-0.4, -0.2) is 0 Å². The average molecular weight is 582 g/mol. The molecule has 7 aromatic carbocycles. The highest BCUT2D eigenvalue weighted by Crippen LogP contribution is 2.43. The maximum Gasteiger partial charge on any atom is 0.137 e. The lowest BCUT2D eigenvalue weighted by molar-refractivity contribution is 0.668. The van der Waals surface area contributed by atoms with Gasteiger partial charge < -0.3 is 13.7 Å². The van der Waals surface area contributed by atoms with E-state index in [0.29, 0.717) is 0 Å². The number of furan rings is 2. The van der Waals surface area contributed by atoms with E-state index in [1.165, 1.54) is 30.9 Å². The number of benzene rings is 7. The maximum atomic E-state index is 6.34. The predicted octanol–water partition coefficient (Wildman–Crippen LogP) is 12.5. The van der Waals surface area contributed by atoms with Crippen molar-refractivity contribution in [3.8, 4) is 0 Å². The van der Waals surface area contributed by atoms with Gasteiger partial charge in [0.15, 0.2) is 0 Å². The summed E-state index contributed by atoms with van der Waals surface area (Å²) in [5.74, 6) is 0. The molecule has 0 fully saturated rings. The highest BCUT2D eigenvalue weighted by Gasteiger charge is 2.18. The number of nitrogens with zero attached hydrogens (tertiary/aromatic N) is 1. The first kappa shape index (κ1) is 23.9. The van der Waals surface area contributed by atoms with E-state index in [4.69, 9.17) is 8.83 Å². The molecule has 0 radical (unpaired) electrons. The number of fused-ring (bicyclic) bond motifs is 10. The topological polar surface area (TPSA) is 29.5 Å². The van der Waals surface area contributed by atoms with Gasteiger partial charge in [-0.05, 0) is 83.6 Å². The third-order valence-corrected chi connectivity index (χ3v) is 9.95. The second-order valence-electron chi connectivity index (χ2n) is 11.4. The second kappa shape index (κ2) is 8.96. The molecule has 0 atom stereocenters. The molecule has 206 valence electrons. The van der Waals surface area contributed by atoms with E-state index >= 15 is 0 Å². The van der Waals surface area contributed by atoms with Crippen molar-refractivity contribution in [2.24, 2.45) is 0 Å². The van der Waals surface area contributed by atoms with E-state index in [-0.39, 0.29) is 0 Å². The van der Waals surface area contributed by atoms with E-state index in [1.807, 2.05) is 35.6 Å². The first-order chi connectivity index (χ1) is 21.8. The fourth-order valence-electron chi connectivity index (χ4n) is 6.75. The van der Waals surface area contributed by atoms with Gasteiger partial charge in [0.1, 0.15) is 22.3 Å². The van der Waals surface area contributed by atoms with Crippen LogP contribution in [0, 0.1) is 0 Å². The fourth-order valence-corrected chi connectivity index (χ4v) is 7.89. The van der Waals surface area contributed by atoms with Gasteiger partial charge in [-0.25, -0.2) is 0 Å². The molecule has 0 aliphatic carbocycles. The van der Waals surface area contributed by atoms with Crippen LogP contribution in [0.15, 0.2) is 148 Å². The van der Waals surface area contributed by atoms with Gasteiger partial charge in [-0.3, -0.25) is 0 Å². The van der Waals surface area contributed by atoms with Gasteiger partial charge in [0.25, 0.3) is 0 Å². The normalized spacial score (nSPS) is 12.1. The predicted molar refractivity (Wildman–Crippen MR) is 186 cm³/mol. The van der Waals surface area contributed by atoms with Crippen LogP contribution in [-0.2, 0) is 0 Å². The van der Waals surface area contributed by atoms with Gasteiger partial charge in [0.2, 0.25) is 0 Å². The molecule has 0 spiro atoms. The zero-order valence-corrected chi connectivity index (χ0v) is 24.3. The van der Waals surface area contributed by atoms with Gasteiger partial charge in [-0.2, -0.15) is 0 Å². The first-order valence-corrected chi connectivity index (χ1v) is 15.6. The van der Waals surface area contributed by atoms with E-state index < -0.39 is 0 Å². The molecule has 44 heavy (non-hydrogen) atoms. The summed E-state index contributed by atoms with van der Waals surface area (Å²) in [6.07, 6.45) is 0. The molecule has 0 aliphatic rings. The quantitative estimate of drug-likeness (QED) is 0.208. The third-order valence-electron chi connectivity index (χ3n) is 8.82. The molecule has 10 rings (SSSR count). The van der Waals surface area contributed by atoms with Crippen molar-refractivity contribution in [2.45, 2.75) is 0 Å². The number of hydrogen-bond acceptors (Lipinski definition) is 4. The summed E-state index contributed by atoms with van der Waals surface area (Å²) in [5, 5.41) is 9.54. The number of rotatable bonds is 3. The Kier molecular flexibility index (Phi) is 4.87. The molecule has 0 aliphatic heterocycles. The minimum Gasteiger partial charge on any atom is -0.456 e. The van der Waals surface area contributed by atoms with Crippen LogP contribution in [0.1, 0.15) is 0 Å². The molecule has 0 N–H and O–H groups in total. The lowest BCUT2D eigenvalue weighted by atomic mass is 10.0. The van der Waals surface area contributed by atoms with Crippen molar-refractivity contribution in [3.05, 3.63) is 140 Å². The SMILES string of the molecule is c1ccc2c(c1)oc1cc(N(c3ccc4cc5c(cc4c3)sc3ccccc35)c3ccc4oc5ccccc5c4c3)ccc12. The van der Waals surface area contributed by atoms with Crippen LogP contribution in [0.2, 0.25) is 0 Å². The molecule has 0 saturated heterocycles. The molecule has 10 aromatic rings. The van der Waals surface area contributed by atoms with E-state index in [0.717, 1.165) is 60.9 Å². The summed E-state index contributed by atoms with van der Waals surface area (Å²) in [4.78, 5) is 2.32. The van der Waals surface area contributed by atoms with Crippen LogP contribution in [0.3, 0.4) is 0 Å². The van der Waals surface area contributed by atoms with Crippen LogP contribution >= 0.6 is 11.3 Å². The van der Waals surface area contributed by atoms with Crippen molar-refractivity contribution in [1.29, 1.82) is 0 Å². The molecule has 4 heteroatoms. The number of anilines is 3. The van der Waals surface area contributed by atoms with Gasteiger partial charge in [0.05, 0.1) is 0 Å². The summed E-state index contributed by atoms with van der Waals surface area (Å²) < 4.78 is 15.1. The van der Waals surface area contributed by atoms with Crippen molar-refractivity contribution < 1.29 is 8.83 Å². The number of thiophene rings is 1. The van der Waals surface area contributed by atoms with Crippen molar-refractivity contribution in [2.75, 3.05) is 4.90 Å². The Labute approximate surface area is 255 Å². The molecule has 0 saturated carbocycles. The molecule has 0 amide bonds. The highest BCUT2D eigenvalue weighted by atomic mass is 32.1. The maximum absolute atomic E-state index is 6.34. The number of hydrogen-bond donors (Lipinski definition) is 0. The highest BCUT2D eigenvalue weighted by molar-refractivity contribution is 7.25. The first-order valence-electron chi connectivity index (χ1n) is 14.7. The zero-order chi connectivity index (χ0) is 28.8. The van der Waals surface area contributed by atoms with Crippen molar-refractivity contribution >= 4 is 103 Å². The summed E-state index contributed by atoms with van der Waals surface area (Å²) in [6.45, 7) is 0. The standard InChI is InChI=1S/C40H23NO2S/c1-4-10-35-29(7-1)31-17-15-28(23-38(31)43-35)41(27-16-18-37-33(22-27)30-8-2-5-11-36(30)42-37)26-14-13-24-20-34-32-9-3-6-12-39(32)44-40(34)21-25(24)19-26/h1-23H. The molecule has 3 aromatic heterocycles. The second-order valence-corrected chi connectivity index (χ2v) is 12.5. The van der Waals surface area contributed by atoms with Crippen LogP contribution in [0.5, 0.6) is 0 Å². The Morgan fingerprint density at radius 3 is 1.84 bits per heavy atom. The van der Waals surface area contributed by atoms with E-state index in [9.17, 15) is 0 Å². The minimum atomic E-state index is 0.872. The van der Waals surface area contributed by atoms with Gasteiger partial charge in [-0.15, -0.1) is 11.3 Å². The Balaban J connectivity index is 1.21. The van der Waals surface area contributed by atoms with Gasteiger partial charge >= 0.3 is 0 Å². The smallest absolute Gasteiger partial charge is 0.137 e. The summed E-state index contributed by atoms with van der Waals surface area (Å²) in [7, 11) is 0. The fraction of sp³-hybridized carbons (Fsp3) is 0. The molecule has 3 heterocycles. The minimum absolute atomic E-state index is 0.872. The molecule has 0 bridgehead atoms. The summed E-state index contributed by atoms with van der Waals surface area (Å²) in [6, 6.07) is 49.6. The van der Waals surface area contributed by atoms with Gasteiger partial charge in [0, 0.05) is 64.8 Å². The van der Waals surface area contributed by atoms with E-state index in [1.54, 1.807) is 0 Å². The largest absolute Gasteiger partial charge is 0.456 e. The van der Waals surface area contributed by atoms with Crippen LogP contribution < -0.4 is 4.90 Å². The molecular formula is C40H23NO2S. The Bertz CT molecular complexity index is 2750. The Morgan fingerprint density at radius 1 is 0.364 bits per heavy atom. The lowest BCUT2D eigenvalue weighted by Gasteiger charge is -2.26. The Hall–Kier alpha value is -5.58. The van der Waals surface area contributed by atoms with Gasteiger partial charge in [-0.1, -0.05) is 60.7 Å². The van der Waals surface area contributed by atoms with E-state index in [2.05, 4.69) is 120 Å². The Morgan fingerprint density at radius 2 is 0.977 bits per heavy atom. The average Bonchev–Trinajstić information content (AvgIpc) is 3.74. The third kappa shape index (κ3) is 3.49. The van der Waals surface area contributed by atoms with Crippen molar-refractivity contribution in [3.63, 3.8) is 0 Å². The summed E-state index contributed by atoms with van der Waals surface area (Å²) in [5.41, 5.74) is 6.72. The van der Waals surface area contributed by atoms with Crippen molar-refractivity contribution in [1.82, 2.24) is 0 Å². The molecule has 0 unspecified atom stereocenters.